The zero-order valence-corrected chi connectivity index (χ0v) is 30.6. The summed E-state index contributed by atoms with van der Waals surface area (Å²) in [4.78, 5) is 41.2. The molecule has 8 heteroatoms. The highest BCUT2D eigenvalue weighted by Gasteiger charge is 2.39. The maximum atomic E-state index is 13.1. The number of rotatable bonds is 10. The fourth-order valence-electron chi connectivity index (χ4n) is 9.18. The number of aryl methyl sites for hydroxylation is 1. The summed E-state index contributed by atoms with van der Waals surface area (Å²) in [6, 6.07) is 29.4. The molecule has 4 aromatic rings. The van der Waals surface area contributed by atoms with Gasteiger partial charge in [0.15, 0.2) is 0 Å². The monoisotopic (exact) mass is 711 g/mol. The molecule has 4 aromatic carbocycles. The highest BCUT2D eigenvalue weighted by atomic mass is 16.5. The first kappa shape index (κ1) is 35.3. The van der Waals surface area contributed by atoms with Crippen LogP contribution in [0.4, 0.5) is 0 Å². The number of fused-ring (bicyclic) bond motifs is 2. The van der Waals surface area contributed by atoms with Crippen molar-refractivity contribution in [3.63, 3.8) is 0 Å². The van der Waals surface area contributed by atoms with Crippen molar-refractivity contribution in [1.82, 2.24) is 15.1 Å². The second-order valence-corrected chi connectivity index (χ2v) is 15.5. The number of likely N-dealkylation sites (N-methyl/N-ethyl adjacent to an activating group) is 1. The van der Waals surface area contributed by atoms with Crippen molar-refractivity contribution in [3.05, 3.63) is 124 Å². The smallest absolute Gasteiger partial charge is 0.255 e. The number of aromatic hydroxyl groups is 1. The topological polar surface area (TPSA) is 99.2 Å². The number of hydrogen-bond donors (Lipinski definition) is 2. The van der Waals surface area contributed by atoms with Crippen LogP contribution in [0.2, 0.25) is 0 Å². The number of phenols is 1. The van der Waals surface area contributed by atoms with E-state index in [0.717, 1.165) is 73.7 Å². The van der Waals surface area contributed by atoms with Crippen molar-refractivity contribution in [2.24, 2.45) is 0 Å². The third-order valence-electron chi connectivity index (χ3n) is 12.3. The number of nitrogens with zero attached hydrogens (tertiary/aromatic N) is 2. The zero-order chi connectivity index (χ0) is 36.5. The molecule has 274 valence electrons. The number of hydrogen-bond acceptors (Lipinski definition) is 6. The first-order chi connectivity index (χ1) is 25.8. The van der Waals surface area contributed by atoms with Gasteiger partial charge in [0.1, 0.15) is 11.8 Å². The van der Waals surface area contributed by atoms with Gasteiger partial charge in [-0.25, -0.2) is 0 Å². The SMILES string of the molecule is CN(CCOCc1ccc(-c2cc(O)cc3c2C[C@@H](c2ccccc2)CC3)cc1)[C@H]1CC[C@H](c2ccc3c(c2)CN([C@H]2CCC(=O)NC2=O)C3=O)CC1. The van der Waals surface area contributed by atoms with E-state index in [2.05, 4.69) is 84.0 Å². The van der Waals surface area contributed by atoms with Gasteiger partial charge < -0.3 is 19.6 Å². The summed E-state index contributed by atoms with van der Waals surface area (Å²) in [5, 5.41) is 12.9. The number of carbonyl (C=O) groups excluding carboxylic acids is 3. The van der Waals surface area contributed by atoms with E-state index < -0.39 is 6.04 Å². The Morgan fingerprint density at radius 2 is 1.58 bits per heavy atom. The average Bonchev–Trinajstić information content (AvgIpc) is 3.51. The molecule has 0 spiro atoms. The molecule has 0 radical (unpaired) electrons. The molecule has 1 saturated carbocycles. The fourth-order valence-corrected chi connectivity index (χ4v) is 9.18. The molecule has 8 nitrogen and oxygen atoms in total. The lowest BCUT2D eigenvalue weighted by Gasteiger charge is -2.35. The normalized spacial score (nSPS) is 22.8. The van der Waals surface area contributed by atoms with Gasteiger partial charge in [0.25, 0.3) is 5.91 Å². The van der Waals surface area contributed by atoms with E-state index in [1.807, 2.05) is 18.2 Å². The molecule has 0 unspecified atom stereocenters. The van der Waals surface area contributed by atoms with Gasteiger partial charge in [0.05, 0.1) is 13.2 Å². The van der Waals surface area contributed by atoms with Gasteiger partial charge in [0.2, 0.25) is 11.8 Å². The van der Waals surface area contributed by atoms with Gasteiger partial charge in [-0.1, -0.05) is 66.7 Å². The predicted octanol–water partition coefficient (Wildman–Crippen LogP) is 7.27. The average molecular weight is 712 g/mol. The van der Waals surface area contributed by atoms with Crippen LogP contribution < -0.4 is 5.32 Å². The van der Waals surface area contributed by atoms with Crippen LogP contribution in [0.15, 0.2) is 84.9 Å². The Bertz CT molecular complexity index is 1990. The highest BCUT2D eigenvalue weighted by Crippen LogP contribution is 2.41. The Balaban J connectivity index is 0.800. The molecular weight excluding hydrogens is 663 g/mol. The number of imide groups is 1. The summed E-state index contributed by atoms with van der Waals surface area (Å²) in [5.41, 5.74) is 10.3. The van der Waals surface area contributed by atoms with E-state index >= 15 is 0 Å². The number of benzene rings is 4. The van der Waals surface area contributed by atoms with Crippen LogP contribution in [0.25, 0.3) is 11.1 Å². The Hall–Kier alpha value is -4.79. The lowest BCUT2D eigenvalue weighted by molar-refractivity contribution is -0.136. The molecule has 2 atom stereocenters. The van der Waals surface area contributed by atoms with E-state index in [4.69, 9.17) is 4.74 Å². The fraction of sp³-hybridized carbons (Fsp3) is 0.400. The highest BCUT2D eigenvalue weighted by molar-refractivity contribution is 6.05. The summed E-state index contributed by atoms with van der Waals surface area (Å²) in [6.07, 6.45) is 8.14. The lowest BCUT2D eigenvalue weighted by atomic mass is 9.77. The van der Waals surface area contributed by atoms with Crippen molar-refractivity contribution in [3.8, 4) is 16.9 Å². The standard InChI is InChI=1S/C45H49N3O5/c1-47(37-16-13-31(14-17-37)33-15-18-39-36(23-33)27-48(45(39)52)42-19-20-43(50)46-44(42)51)21-22-53-28-29-7-9-32(10-8-29)41-26-38(49)24-35-12-11-34(25-40(35)41)30-5-3-2-4-6-30/h2-10,15,18,23-24,26,31,34,37,42,49H,11-14,16-17,19-22,25,27-28H2,1H3,(H,46,50,51)/t31-,34-,37-,42-/m0/s1. The van der Waals surface area contributed by atoms with Gasteiger partial charge in [0, 0.05) is 31.1 Å². The summed E-state index contributed by atoms with van der Waals surface area (Å²) < 4.78 is 6.15. The number of carbonyl (C=O) groups is 3. The first-order valence-corrected chi connectivity index (χ1v) is 19.3. The van der Waals surface area contributed by atoms with Crippen LogP contribution in [0, 0.1) is 0 Å². The minimum Gasteiger partial charge on any atom is -0.508 e. The van der Waals surface area contributed by atoms with Gasteiger partial charge in [-0.05, 0) is 133 Å². The Morgan fingerprint density at radius 1 is 0.792 bits per heavy atom. The van der Waals surface area contributed by atoms with Gasteiger partial charge in [-0.15, -0.1) is 0 Å². The molecule has 2 fully saturated rings. The molecule has 2 aliphatic carbocycles. The summed E-state index contributed by atoms with van der Waals surface area (Å²) in [7, 11) is 2.20. The molecule has 8 rings (SSSR count). The first-order valence-electron chi connectivity index (χ1n) is 19.3. The molecule has 0 bridgehead atoms. The predicted molar refractivity (Wildman–Crippen MR) is 205 cm³/mol. The quantitative estimate of drug-likeness (QED) is 0.133. The van der Waals surface area contributed by atoms with Crippen molar-refractivity contribution >= 4 is 17.7 Å². The van der Waals surface area contributed by atoms with Crippen molar-refractivity contribution < 1.29 is 24.2 Å². The molecule has 4 aliphatic rings. The van der Waals surface area contributed by atoms with Crippen LogP contribution in [-0.2, 0) is 40.3 Å². The maximum Gasteiger partial charge on any atom is 0.255 e. The summed E-state index contributed by atoms with van der Waals surface area (Å²) >= 11 is 0. The Kier molecular flexibility index (Phi) is 10.2. The number of ether oxygens (including phenoxy) is 1. The van der Waals surface area contributed by atoms with Crippen LogP contribution in [0.5, 0.6) is 5.75 Å². The van der Waals surface area contributed by atoms with Crippen LogP contribution >= 0.6 is 0 Å². The van der Waals surface area contributed by atoms with E-state index in [-0.39, 0.29) is 24.1 Å². The maximum absolute atomic E-state index is 13.1. The minimum absolute atomic E-state index is 0.116. The minimum atomic E-state index is -0.582. The summed E-state index contributed by atoms with van der Waals surface area (Å²) in [5.74, 6) is 0.533. The van der Waals surface area contributed by atoms with Gasteiger partial charge in [-0.2, -0.15) is 0 Å². The lowest BCUT2D eigenvalue weighted by Crippen LogP contribution is -2.52. The van der Waals surface area contributed by atoms with Crippen molar-refractivity contribution in [1.29, 1.82) is 0 Å². The molecule has 2 aliphatic heterocycles. The van der Waals surface area contributed by atoms with Crippen molar-refractivity contribution in [2.75, 3.05) is 20.2 Å². The molecule has 2 heterocycles. The molecule has 2 N–H and O–H groups in total. The van der Waals surface area contributed by atoms with Gasteiger partial charge in [-0.3, -0.25) is 19.7 Å². The molecule has 3 amide bonds. The van der Waals surface area contributed by atoms with Crippen LogP contribution in [0.3, 0.4) is 0 Å². The van der Waals surface area contributed by atoms with E-state index in [0.29, 0.717) is 55.4 Å². The molecular formula is C45H49N3O5. The van der Waals surface area contributed by atoms with Crippen LogP contribution in [-0.4, -0.2) is 64.9 Å². The Morgan fingerprint density at radius 3 is 2.36 bits per heavy atom. The molecule has 0 aromatic heterocycles. The number of nitrogens with one attached hydrogen (secondary N) is 1. The molecule has 1 saturated heterocycles. The largest absolute Gasteiger partial charge is 0.508 e. The second kappa shape index (κ2) is 15.3. The molecule has 53 heavy (non-hydrogen) atoms. The number of phenolic OH excluding ortho intramolecular Hbond substituents is 1. The number of piperidine rings is 1. The van der Waals surface area contributed by atoms with E-state index in [1.54, 1.807) is 4.90 Å². The number of amides is 3. The van der Waals surface area contributed by atoms with E-state index in [9.17, 15) is 19.5 Å². The summed E-state index contributed by atoms with van der Waals surface area (Å²) in [6.45, 7) is 2.53. The van der Waals surface area contributed by atoms with Gasteiger partial charge >= 0.3 is 0 Å². The second-order valence-electron chi connectivity index (χ2n) is 15.5. The Labute approximate surface area is 312 Å². The van der Waals surface area contributed by atoms with Crippen molar-refractivity contribution in [2.45, 2.75) is 94.9 Å². The third kappa shape index (κ3) is 7.53. The van der Waals surface area contributed by atoms with E-state index in [1.165, 1.54) is 22.3 Å². The van der Waals surface area contributed by atoms with Crippen LogP contribution in [0.1, 0.15) is 101 Å². The third-order valence-corrected chi connectivity index (χ3v) is 12.3. The zero-order valence-electron chi connectivity index (χ0n) is 30.6.